The zero-order valence-electron chi connectivity index (χ0n) is 21.6. The van der Waals surface area contributed by atoms with Crippen molar-refractivity contribution < 1.29 is 21.8 Å². The SMILES string of the molecule is C1CCCC1.CC(C)[C@H]1COC(C2CCCC2P(c2ccccc2)c2ccccc2)=N1.[CH3-].[CH3-].[Fe+2]. The Morgan fingerprint density at radius 2 is 1.26 bits per heavy atom. The molecule has 0 N–H and O–H groups in total. The normalized spacial score (nSPS) is 23.1. The third kappa shape index (κ3) is 7.94. The first-order chi connectivity index (χ1) is 15.2. The Morgan fingerprint density at radius 1 is 0.765 bits per heavy atom. The van der Waals surface area contributed by atoms with Crippen LogP contribution in [-0.4, -0.2) is 24.2 Å². The first kappa shape index (κ1) is 30.9. The van der Waals surface area contributed by atoms with Crippen LogP contribution in [0.3, 0.4) is 0 Å². The molecule has 5 rings (SSSR count). The van der Waals surface area contributed by atoms with Crippen LogP contribution in [0.15, 0.2) is 65.7 Å². The minimum absolute atomic E-state index is 0. The van der Waals surface area contributed by atoms with E-state index in [9.17, 15) is 0 Å². The van der Waals surface area contributed by atoms with Crippen LogP contribution in [0.5, 0.6) is 0 Å². The summed E-state index contributed by atoms with van der Waals surface area (Å²) in [6.45, 7) is 5.26. The van der Waals surface area contributed by atoms with E-state index in [0.717, 1.165) is 12.5 Å². The quantitative estimate of drug-likeness (QED) is 0.226. The summed E-state index contributed by atoms with van der Waals surface area (Å²) < 4.78 is 6.12. The molecule has 1 aliphatic heterocycles. The van der Waals surface area contributed by atoms with Gasteiger partial charge < -0.3 is 19.6 Å². The summed E-state index contributed by atoms with van der Waals surface area (Å²) in [5, 5.41) is 2.95. The van der Waals surface area contributed by atoms with Crippen LogP contribution in [0, 0.1) is 26.7 Å². The summed E-state index contributed by atoms with van der Waals surface area (Å²) in [5.41, 5.74) is 0.625. The molecule has 1 heterocycles. The number of ether oxygens (including phenoxy) is 1. The van der Waals surface area contributed by atoms with Gasteiger partial charge in [-0.05, 0) is 42.9 Å². The molecule has 34 heavy (non-hydrogen) atoms. The van der Waals surface area contributed by atoms with E-state index in [0.29, 0.717) is 23.5 Å². The van der Waals surface area contributed by atoms with E-state index in [1.807, 2.05) is 0 Å². The molecule has 0 spiro atoms. The molecule has 0 amide bonds. The molecule has 2 unspecified atom stereocenters. The molecule has 0 radical (unpaired) electrons. The van der Waals surface area contributed by atoms with Crippen molar-refractivity contribution in [3.05, 3.63) is 75.5 Å². The molecule has 188 valence electrons. The van der Waals surface area contributed by atoms with Crippen molar-refractivity contribution in [2.45, 2.75) is 76.9 Å². The largest absolute Gasteiger partial charge is 2.00 e. The van der Waals surface area contributed by atoms with Crippen LogP contribution < -0.4 is 10.6 Å². The molecule has 2 nitrogen and oxygen atoms in total. The van der Waals surface area contributed by atoms with Gasteiger partial charge >= 0.3 is 17.1 Å². The summed E-state index contributed by atoms with van der Waals surface area (Å²) >= 11 is 0. The fraction of sp³-hybridized carbons (Fsp3) is 0.500. The summed E-state index contributed by atoms with van der Waals surface area (Å²) in [5.74, 6) is 2.08. The fourth-order valence-corrected chi connectivity index (χ4v) is 8.21. The van der Waals surface area contributed by atoms with Crippen molar-refractivity contribution in [3.8, 4) is 0 Å². The standard InChI is InChI=1S/C23H28NOP.C5H10.2CH3.Fe/c1-17(2)21-16-25-23(24-21)20-14-9-15-22(20)26(18-10-5-3-6-11-18)19-12-7-4-8-13-19;1-2-4-5-3-1;;;/h3-8,10-13,17,20-22H,9,14-16H2,1-2H3;1-5H2;2*1H3;/q;;2*-1;+2/t20?,21-,22?;;;;/m1..../s1. The van der Waals surface area contributed by atoms with Crippen molar-refractivity contribution in [1.29, 1.82) is 0 Å². The second-order valence-electron chi connectivity index (χ2n) is 9.50. The van der Waals surface area contributed by atoms with E-state index in [2.05, 4.69) is 74.5 Å². The summed E-state index contributed by atoms with van der Waals surface area (Å²) in [7, 11) is -0.398. The first-order valence-corrected chi connectivity index (χ1v) is 13.7. The van der Waals surface area contributed by atoms with Crippen LogP contribution in [0.2, 0.25) is 0 Å². The van der Waals surface area contributed by atoms with E-state index in [1.54, 1.807) is 0 Å². The maximum absolute atomic E-state index is 6.12. The number of aliphatic imine (C=N–C) groups is 1. The molecule has 2 fully saturated rings. The Morgan fingerprint density at radius 3 is 1.71 bits per heavy atom. The molecule has 2 aromatic carbocycles. The summed E-state index contributed by atoms with van der Waals surface area (Å²) in [4.78, 5) is 4.99. The van der Waals surface area contributed by atoms with Crippen molar-refractivity contribution in [2.75, 3.05) is 6.61 Å². The van der Waals surface area contributed by atoms with Gasteiger partial charge in [0, 0.05) is 5.92 Å². The average Bonchev–Trinajstić information content (AvgIpc) is 3.58. The average molecular weight is 522 g/mol. The van der Waals surface area contributed by atoms with Crippen LogP contribution in [0.1, 0.15) is 65.2 Å². The van der Waals surface area contributed by atoms with Crippen LogP contribution in [0.25, 0.3) is 0 Å². The fourth-order valence-electron chi connectivity index (χ4n) is 5.08. The molecule has 2 aromatic rings. The summed E-state index contributed by atoms with van der Waals surface area (Å²) in [6.07, 6.45) is 11.3. The van der Waals surface area contributed by atoms with Gasteiger partial charge in [-0.3, -0.25) is 0 Å². The van der Waals surface area contributed by atoms with Gasteiger partial charge in [0.15, 0.2) is 5.90 Å². The van der Waals surface area contributed by atoms with Gasteiger partial charge in [-0.25, -0.2) is 4.99 Å². The third-order valence-electron chi connectivity index (χ3n) is 6.91. The van der Waals surface area contributed by atoms with E-state index in [-0.39, 0.29) is 31.9 Å². The second kappa shape index (κ2) is 15.8. The maximum Gasteiger partial charge on any atom is 2.00 e. The van der Waals surface area contributed by atoms with E-state index in [1.165, 1.54) is 62.0 Å². The maximum atomic E-state index is 6.12. The molecular weight excluding hydrogens is 477 g/mol. The number of hydrogen-bond donors (Lipinski definition) is 0. The Balaban J connectivity index is 0.000000646. The first-order valence-electron chi connectivity index (χ1n) is 12.3. The Labute approximate surface area is 221 Å². The third-order valence-corrected chi connectivity index (χ3v) is 9.90. The number of hydrogen-bond acceptors (Lipinski definition) is 2. The van der Waals surface area contributed by atoms with Gasteiger partial charge in [-0.1, -0.05) is 113 Å². The predicted molar refractivity (Wildman–Crippen MR) is 148 cm³/mol. The molecule has 3 aliphatic rings. The van der Waals surface area contributed by atoms with Gasteiger partial charge in [0.1, 0.15) is 6.61 Å². The van der Waals surface area contributed by atoms with E-state index < -0.39 is 7.92 Å². The monoisotopic (exact) mass is 521 g/mol. The Bertz CT molecular complexity index is 775. The number of rotatable bonds is 5. The Kier molecular flexibility index (Phi) is 14.3. The van der Waals surface area contributed by atoms with Gasteiger partial charge in [0.25, 0.3) is 0 Å². The van der Waals surface area contributed by atoms with Crippen LogP contribution >= 0.6 is 7.92 Å². The zero-order valence-corrected chi connectivity index (χ0v) is 23.6. The second-order valence-corrected chi connectivity index (χ2v) is 11.9. The van der Waals surface area contributed by atoms with Crippen LogP contribution in [-0.2, 0) is 21.8 Å². The summed E-state index contributed by atoms with van der Waals surface area (Å²) in [6, 6.07) is 22.5. The zero-order chi connectivity index (χ0) is 21.5. The molecule has 0 bridgehead atoms. The van der Waals surface area contributed by atoms with Gasteiger partial charge in [0.2, 0.25) is 0 Å². The molecule has 0 saturated heterocycles. The van der Waals surface area contributed by atoms with Crippen molar-refractivity contribution in [3.63, 3.8) is 0 Å². The Hall–Kier alpha value is -1.14. The molecule has 2 aliphatic carbocycles. The predicted octanol–water partition coefficient (Wildman–Crippen LogP) is 7.59. The number of benzene rings is 2. The minimum atomic E-state index is -0.398. The van der Waals surface area contributed by atoms with Crippen molar-refractivity contribution >= 4 is 24.4 Å². The molecule has 3 atom stereocenters. The molecule has 0 aromatic heterocycles. The van der Waals surface area contributed by atoms with E-state index >= 15 is 0 Å². The molecule has 4 heteroatoms. The number of nitrogens with zero attached hydrogens (tertiary/aromatic N) is 1. The molecule has 2 saturated carbocycles. The topological polar surface area (TPSA) is 21.6 Å². The van der Waals surface area contributed by atoms with Crippen molar-refractivity contribution in [2.24, 2.45) is 16.8 Å². The van der Waals surface area contributed by atoms with Gasteiger partial charge in [0.05, 0.1) is 6.04 Å². The minimum Gasteiger partial charge on any atom is -0.478 e. The van der Waals surface area contributed by atoms with E-state index in [4.69, 9.17) is 9.73 Å². The molecular formula is C30H44FeNOP. The van der Waals surface area contributed by atoms with Crippen molar-refractivity contribution in [1.82, 2.24) is 0 Å². The van der Waals surface area contributed by atoms with Gasteiger partial charge in [-0.15, -0.1) is 0 Å². The smallest absolute Gasteiger partial charge is 0.478 e. The van der Waals surface area contributed by atoms with Gasteiger partial charge in [-0.2, -0.15) is 0 Å². The van der Waals surface area contributed by atoms with Crippen LogP contribution in [0.4, 0.5) is 0 Å².